The van der Waals surface area contributed by atoms with Gasteiger partial charge in [-0.3, -0.25) is 0 Å². The van der Waals surface area contributed by atoms with Crippen molar-refractivity contribution in [3.63, 3.8) is 0 Å². The molecule has 0 saturated heterocycles. The quantitative estimate of drug-likeness (QED) is 0.671. The fourth-order valence-electron chi connectivity index (χ4n) is 3.17. The first kappa shape index (κ1) is 10.4. The summed E-state index contributed by atoms with van der Waals surface area (Å²) >= 11 is 1.92. The minimum absolute atomic E-state index is 0.589. The second-order valence-corrected chi connectivity index (χ2v) is 6.17. The van der Waals surface area contributed by atoms with Gasteiger partial charge in [-0.05, 0) is 56.0 Å². The van der Waals surface area contributed by atoms with Gasteiger partial charge in [-0.15, -0.1) is 11.3 Å². The lowest BCUT2D eigenvalue weighted by Crippen LogP contribution is -2.12. The maximum Gasteiger partial charge on any atom is 0.0597 e. The molecule has 2 aromatic rings. The normalized spacial score (nSPS) is 20.6. The van der Waals surface area contributed by atoms with Crippen LogP contribution in [0.3, 0.4) is 0 Å². The van der Waals surface area contributed by atoms with Crippen molar-refractivity contribution in [1.29, 1.82) is 0 Å². The molecule has 0 saturated carbocycles. The number of rotatable bonds is 1. The van der Waals surface area contributed by atoms with E-state index in [1.54, 1.807) is 16.0 Å². The molecule has 0 aliphatic heterocycles. The maximum absolute atomic E-state index is 2.57. The van der Waals surface area contributed by atoms with Crippen LogP contribution < -0.4 is 0 Å². The van der Waals surface area contributed by atoms with Gasteiger partial charge in [0.25, 0.3) is 0 Å². The Morgan fingerprint density at radius 2 is 2.25 bits per heavy atom. The first-order valence-electron chi connectivity index (χ1n) is 6.30. The zero-order valence-corrected chi connectivity index (χ0v) is 11.1. The third-order valence-corrected chi connectivity index (χ3v) is 4.75. The van der Waals surface area contributed by atoms with Crippen LogP contribution in [0, 0.1) is 0 Å². The van der Waals surface area contributed by atoms with Crippen molar-refractivity contribution in [1.82, 2.24) is 4.57 Å². The maximum atomic E-state index is 2.57. The Balaban J connectivity index is 2.35. The molecule has 0 aromatic carbocycles. The van der Waals surface area contributed by atoms with Crippen LogP contribution in [0.2, 0.25) is 0 Å². The molecule has 0 amide bonds. The van der Waals surface area contributed by atoms with Crippen molar-refractivity contribution in [3.8, 4) is 0 Å². The van der Waals surface area contributed by atoms with Crippen LogP contribution in [0.5, 0.6) is 0 Å². The van der Waals surface area contributed by atoms with Crippen molar-refractivity contribution >= 4 is 21.6 Å². The molecule has 2 heterocycles. The van der Waals surface area contributed by atoms with Gasteiger partial charge in [0.1, 0.15) is 0 Å². The Labute approximate surface area is 101 Å². The molecule has 0 spiro atoms. The molecule has 86 valence electrons. The number of nitrogens with zero attached hydrogens (tertiary/aromatic N) is 1. The fourth-order valence-corrected chi connectivity index (χ4v) is 4.24. The monoisotopic (exact) mass is 233 g/mol. The van der Waals surface area contributed by atoms with Gasteiger partial charge in [-0.25, -0.2) is 0 Å². The van der Waals surface area contributed by atoms with E-state index in [0.717, 1.165) is 5.92 Å². The third-order valence-electron chi connectivity index (χ3n) is 3.81. The lowest BCUT2D eigenvalue weighted by Gasteiger charge is -2.22. The molecule has 1 nitrogen and oxygen atoms in total. The summed E-state index contributed by atoms with van der Waals surface area (Å²) in [6.07, 6.45) is 4.00. The number of aromatic nitrogens is 1. The summed E-state index contributed by atoms with van der Waals surface area (Å²) in [5.74, 6) is 0.755. The zero-order chi connectivity index (χ0) is 11.3. The Hall–Kier alpha value is -0.760. The van der Waals surface area contributed by atoms with E-state index in [2.05, 4.69) is 36.8 Å². The first-order chi connectivity index (χ1) is 7.70. The van der Waals surface area contributed by atoms with Gasteiger partial charge < -0.3 is 4.57 Å². The van der Waals surface area contributed by atoms with Crippen molar-refractivity contribution in [3.05, 3.63) is 22.7 Å². The molecule has 1 unspecified atom stereocenters. The molecule has 1 atom stereocenters. The van der Waals surface area contributed by atoms with Crippen LogP contribution in [-0.4, -0.2) is 4.57 Å². The van der Waals surface area contributed by atoms with Crippen LogP contribution in [-0.2, 0) is 6.42 Å². The molecular formula is C14H19NS. The fraction of sp³-hybridized carbons (Fsp3) is 0.571. The van der Waals surface area contributed by atoms with E-state index in [9.17, 15) is 0 Å². The van der Waals surface area contributed by atoms with Gasteiger partial charge in [-0.2, -0.15) is 0 Å². The van der Waals surface area contributed by atoms with Crippen molar-refractivity contribution in [2.45, 2.75) is 52.0 Å². The highest BCUT2D eigenvalue weighted by Crippen LogP contribution is 2.42. The van der Waals surface area contributed by atoms with E-state index in [1.165, 1.54) is 24.8 Å². The molecule has 2 heteroatoms. The van der Waals surface area contributed by atoms with Gasteiger partial charge in [0, 0.05) is 11.7 Å². The Morgan fingerprint density at radius 3 is 3.00 bits per heavy atom. The van der Waals surface area contributed by atoms with E-state index in [1.807, 2.05) is 11.3 Å². The Morgan fingerprint density at radius 1 is 1.44 bits per heavy atom. The average Bonchev–Trinajstić information content (AvgIpc) is 2.75. The minimum atomic E-state index is 0.589. The second-order valence-electron chi connectivity index (χ2n) is 5.25. The predicted molar refractivity (Wildman–Crippen MR) is 71.6 cm³/mol. The summed E-state index contributed by atoms with van der Waals surface area (Å²) < 4.78 is 4.12. The molecule has 1 aliphatic carbocycles. The predicted octanol–water partition coefficient (Wildman–Crippen LogP) is 4.72. The largest absolute Gasteiger partial charge is 0.341 e. The van der Waals surface area contributed by atoms with Gasteiger partial charge in [0.2, 0.25) is 0 Å². The Kier molecular flexibility index (Phi) is 2.36. The van der Waals surface area contributed by atoms with E-state index in [-0.39, 0.29) is 0 Å². The molecule has 16 heavy (non-hydrogen) atoms. The van der Waals surface area contributed by atoms with Crippen molar-refractivity contribution < 1.29 is 0 Å². The summed E-state index contributed by atoms with van der Waals surface area (Å²) in [7, 11) is 0. The van der Waals surface area contributed by atoms with Crippen molar-refractivity contribution in [2.75, 3.05) is 0 Å². The van der Waals surface area contributed by atoms with E-state index < -0.39 is 0 Å². The number of hydrogen-bond acceptors (Lipinski definition) is 1. The molecule has 0 bridgehead atoms. The summed E-state index contributed by atoms with van der Waals surface area (Å²) in [6.45, 7) is 7.00. The number of hydrogen-bond donors (Lipinski definition) is 0. The van der Waals surface area contributed by atoms with E-state index in [0.29, 0.717) is 6.04 Å². The highest BCUT2D eigenvalue weighted by molar-refractivity contribution is 7.17. The number of fused-ring (bicyclic) bond motifs is 3. The molecular weight excluding hydrogens is 214 g/mol. The third kappa shape index (κ3) is 1.29. The van der Waals surface area contributed by atoms with Crippen LogP contribution in [0.4, 0.5) is 0 Å². The molecule has 0 fully saturated rings. The lowest BCUT2D eigenvalue weighted by molar-refractivity contribution is 0.530. The molecule has 3 rings (SSSR count). The van der Waals surface area contributed by atoms with Gasteiger partial charge >= 0.3 is 0 Å². The van der Waals surface area contributed by atoms with Crippen LogP contribution in [0.25, 0.3) is 10.2 Å². The first-order valence-corrected chi connectivity index (χ1v) is 7.18. The van der Waals surface area contributed by atoms with Crippen molar-refractivity contribution in [2.24, 2.45) is 0 Å². The molecule has 1 aliphatic rings. The molecule has 0 radical (unpaired) electrons. The average molecular weight is 233 g/mol. The standard InChI is InChI=1S/C14H19NS/c1-9(2)15-11-6-4-5-10(3)13(11)14-12(15)7-8-16-14/h7-10H,4-6H2,1-3H3. The topological polar surface area (TPSA) is 4.93 Å². The molecule has 2 aromatic heterocycles. The van der Waals surface area contributed by atoms with Gasteiger partial charge in [0.05, 0.1) is 10.2 Å². The minimum Gasteiger partial charge on any atom is -0.341 e. The van der Waals surface area contributed by atoms with Gasteiger partial charge in [0.15, 0.2) is 0 Å². The summed E-state index contributed by atoms with van der Waals surface area (Å²) in [4.78, 5) is 0. The number of thiophene rings is 1. The zero-order valence-electron chi connectivity index (χ0n) is 10.3. The summed E-state index contributed by atoms with van der Waals surface area (Å²) in [5, 5.41) is 2.24. The second kappa shape index (κ2) is 3.63. The highest BCUT2D eigenvalue weighted by atomic mass is 32.1. The van der Waals surface area contributed by atoms with E-state index >= 15 is 0 Å². The summed E-state index contributed by atoms with van der Waals surface area (Å²) in [5.41, 5.74) is 4.75. The SMILES string of the molecule is CC1CCCc2c1c1sccc1n2C(C)C. The lowest BCUT2D eigenvalue weighted by atomic mass is 9.88. The van der Waals surface area contributed by atoms with Gasteiger partial charge in [-0.1, -0.05) is 6.92 Å². The van der Waals surface area contributed by atoms with E-state index in [4.69, 9.17) is 0 Å². The Bertz CT molecular complexity index is 490. The van der Waals surface area contributed by atoms with Crippen LogP contribution in [0.1, 0.15) is 56.8 Å². The van der Waals surface area contributed by atoms with Crippen LogP contribution in [0.15, 0.2) is 11.4 Å². The molecule has 0 N–H and O–H groups in total. The van der Waals surface area contributed by atoms with Crippen LogP contribution >= 0.6 is 11.3 Å². The smallest absolute Gasteiger partial charge is 0.0597 e. The highest BCUT2D eigenvalue weighted by Gasteiger charge is 2.26. The summed E-state index contributed by atoms with van der Waals surface area (Å²) in [6, 6.07) is 2.89.